The summed E-state index contributed by atoms with van der Waals surface area (Å²) >= 11 is 1.54. The molecule has 5 rings (SSSR count). The lowest BCUT2D eigenvalue weighted by Crippen LogP contribution is -2.17. The molecular formula is C26H25N5O3S. The van der Waals surface area contributed by atoms with Gasteiger partial charge in [-0.05, 0) is 37.6 Å². The molecule has 0 fully saturated rings. The Bertz CT molecular complexity index is 1380. The van der Waals surface area contributed by atoms with Crippen LogP contribution in [0.5, 0.6) is 11.5 Å². The molecule has 0 bridgehead atoms. The van der Waals surface area contributed by atoms with E-state index in [2.05, 4.69) is 15.3 Å². The number of rotatable bonds is 5. The second kappa shape index (κ2) is 9.42. The summed E-state index contributed by atoms with van der Waals surface area (Å²) in [4.78, 5) is 22.1. The number of amides is 1. The van der Waals surface area contributed by atoms with Crippen molar-refractivity contribution in [3.05, 3.63) is 77.1 Å². The van der Waals surface area contributed by atoms with E-state index in [4.69, 9.17) is 14.6 Å². The summed E-state index contributed by atoms with van der Waals surface area (Å²) in [7, 11) is 3.23. The molecule has 1 amide bonds. The van der Waals surface area contributed by atoms with Crippen molar-refractivity contribution in [3.8, 4) is 28.7 Å². The molecule has 3 heterocycles. The lowest BCUT2D eigenvalue weighted by Gasteiger charge is -2.18. The van der Waals surface area contributed by atoms with Crippen LogP contribution < -0.4 is 14.8 Å². The fraction of sp³-hybridized carbons (Fsp3) is 0.231. The molecular weight excluding hydrogens is 462 g/mol. The number of methoxy groups -OCH3 is 2. The number of aryl methyl sites for hydroxylation is 2. The summed E-state index contributed by atoms with van der Waals surface area (Å²) in [5.74, 6) is 2.44. The Morgan fingerprint density at radius 3 is 2.37 bits per heavy atom. The molecule has 4 aromatic rings. The van der Waals surface area contributed by atoms with E-state index in [1.54, 1.807) is 30.7 Å². The maximum Gasteiger partial charge on any atom is 0.252 e. The largest absolute Gasteiger partial charge is 0.493 e. The zero-order valence-electron chi connectivity index (χ0n) is 19.9. The molecule has 0 saturated carbocycles. The van der Waals surface area contributed by atoms with E-state index < -0.39 is 0 Å². The van der Waals surface area contributed by atoms with Gasteiger partial charge < -0.3 is 14.8 Å². The number of hydrogen-bond acceptors (Lipinski definition) is 7. The highest BCUT2D eigenvalue weighted by Crippen LogP contribution is 2.47. The highest BCUT2D eigenvalue weighted by Gasteiger charge is 2.33. The fourth-order valence-electron chi connectivity index (χ4n) is 4.24. The number of aromatic nitrogens is 4. The predicted molar refractivity (Wildman–Crippen MR) is 137 cm³/mol. The lowest BCUT2D eigenvalue weighted by molar-refractivity contribution is -0.113. The van der Waals surface area contributed by atoms with E-state index in [0.29, 0.717) is 23.3 Å². The molecule has 9 heteroatoms. The van der Waals surface area contributed by atoms with Gasteiger partial charge in [0.05, 0.1) is 30.9 Å². The molecule has 0 aliphatic carbocycles. The van der Waals surface area contributed by atoms with E-state index in [1.165, 1.54) is 0 Å². The first-order valence-corrected chi connectivity index (χ1v) is 12.2. The van der Waals surface area contributed by atoms with Gasteiger partial charge in [0.25, 0.3) is 5.95 Å². The number of anilines is 1. The fourth-order valence-corrected chi connectivity index (χ4v) is 5.36. The van der Waals surface area contributed by atoms with Crippen LogP contribution in [-0.2, 0) is 4.79 Å². The molecule has 178 valence electrons. The Morgan fingerprint density at radius 1 is 0.971 bits per heavy atom. The van der Waals surface area contributed by atoms with Crippen molar-refractivity contribution < 1.29 is 14.3 Å². The molecule has 0 unspecified atom stereocenters. The van der Waals surface area contributed by atoms with Gasteiger partial charge >= 0.3 is 0 Å². The van der Waals surface area contributed by atoms with Crippen molar-refractivity contribution in [2.75, 3.05) is 25.3 Å². The topological polar surface area (TPSA) is 91.2 Å². The van der Waals surface area contributed by atoms with Crippen LogP contribution in [0.2, 0.25) is 0 Å². The van der Waals surface area contributed by atoms with Gasteiger partial charge in [-0.1, -0.05) is 36.4 Å². The summed E-state index contributed by atoms with van der Waals surface area (Å²) in [6.45, 7) is 3.83. The van der Waals surface area contributed by atoms with Gasteiger partial charge in [0.15, 0.2) is 11.5 Å². The van der Waals surface area contributed by atoms with Gasteiger partial charge in [-0.25, -0.2) is 9.97 Å². The van der Waals surface area contributed by atoms with Crippen LogP contribution in [0.1, 0.15) is 27.8 Å². The number of fused-ring (bicyclic) bond motifs is 1. The van der Waals surface area contributed by atoms with Crippen molar-refractivity contribution in [2.45, 2.75) is 19.1 Å². The number of nitrogens with zero attached hydrogens (tertiary/aromatic N) is 4. The number of thioether (sulfide) groups is 1. The normalized spacial score (nSPS) is 15.2. The lowest BCUT2D eigenvalue weighted by atomic mass is 9.99. The molecule has 2 aromatic carbocycles. The number of nitrogens with one attached hydrogen (secondary N) is 1. The van der Waals surface area contributed by atoms with Crippen molar-refractivity contribution in [3.63, 3.8) is 0 Å². The van der Waals surface area contributed by atoms with Gasteiger partial charge in [-0.15, -0.1) is 11.8 Å². The number of benzene rings is 2. The minimum atomic E-state index is -0.196. The third-order valence-electron chi connectivity index (χ3n) is 5.74. The molecule has 0 spiro atoms. The standard InChI is InChI=1S/C26H25N5O3S/c1-15-12-16(2)28-26(27-15)31-25-22(23(30-31)17-8-6-5-7-9-17)24(35-14-21(32)29-25)18-10-11-19(33-3)20(13-18)34-4/h5-13,24H,14H2,1-4H3,(H,29,32)/t24-/m0/s1. The van der Waals surface area contributed by atoms with Crippen LogP contribution in [0.4, 0.5) is 5.82 Å². The maximum atomic E-state index is 12.9. The number of hydrogen-bond donors (Lipinski definition) is 1. The predicted octanol–water partition coefficient (Wildman–Crippen LogP) is 4.74. The first kappa shape index (κ1) is 22.9. The molecule has 0 radical (unpaired) electrons. The average Bonchev–Trinajstić information content (AvgIpc) is 3.13. The van der Waals surface area contributed by atoms with Crippen LogP contribution in [0.25, 0.3) is 17.2 Å². The molecule has 1 aliphatic rings. The highest BCUT2D eigenvalue weighted by molar-refractivity contribution is 8.00. The van der Waals surface area contributed by atoms with Crippen LogP contribution in [0.15, 0.2) is 54.6 Å². The van der Waals surface area contributed by atoms with Crippen molar-refractivity contribution in [1.82, 2.24) is 19.7 Å². The summed E-state index contributed by atoms with van der Waals surface area (Å²) < 4.78 is 12.7. The quantitative estimate of drug-likeness (QED) is 0.435. The van der Waals surface area contributed by atoms with E-state index in [0.717, 1.165) is 33.8 Å². The Labute approximate surface area is 207 Å². The SMILES string of the molecule is COc1ccc([C@@H]2SCC(=O)Nc3c2c(-c2ccccc2)nn3-c2nc(C)cc(C)n2)cc1OC. The van der Waals surface area contributed by atoms with E-state index in [1.807, 2.05) is 68.4 Å². The first-order chi connectivity index (χ1) is 17.0. The van der Waals surface area contributed by atoms with Crippen molar-refractivity contribution >= 4 is 23.5 Å². The molecule has 1 atom stereocenters. The van der Waals surface area contributed by atoms with Gasteiger partial charge in [-0.2, -0.15) is 9.78 Å². The highest BCUT2D eigenvalue weighted by atomic mass is 32.2. The minimum absolute atomic E-state index is 0.107. The first-order valence-electron chi connectivity index (χ1n) is 11.1. The van der Waals surface area contributed by atoms with Crippen molar-refractivity contribution in [1.29, 1.82) is 0 Å². The van der Waals surface area contributed by atoms with E-state index in [9.17, 15) is 4.79 Å². The molecule has 2 aromatic heterocycles. The van der Waals surface area contributed by atoms with E-state index >= 15 is 0 Å². The van der Waals surface area contributed by atoms with Crippen LogP contribution >= 0.6 is 11.8 Å². The smallest absolute Gasteiger partial charge is 0.252 e. The van der Waals surface area contributed by atoms with Gasteiger partial charge in [-0.3, -0.25) is 4.79 Å². The zero-order valence-corrected chi connectivity index (χ0v) is 20.7. The van der Waals surface area contributed by atoms with Gasteiger partial charge in [0.1, 0.15) is 5.82 Å². The molecule has 8 nitrogen and oxygen atoms in total. The van der Waals surface area contributed by atoms with E-state index in [-0.39, 0.29) is 16.9 Å². The molecule has 35 heavy (non-hydrogen) atoms. The number of carbonyl (C=O) groups excluding carboxylic acids is 1. The molecule has 1 N–H and O–H groups in total. The Morgan fingerprint density at radius 2 is 1.69 bits per heavy atom. The average molecular weight is 488 g/mol. The third-order valence-corrected chi connectivity index (χ3v) is 7.01. The van der Waals surface area contributed by atoms with Crippen LogP contribution in [0.3, 0.4) is 0 Å². The summed E-state index contributed by atoms with van der Waals surface area (Å²) in [5, 5.41) is 7.83. The Kier molecular flexibility index (Phi) is 6.17. The Balaban J connectivity index is 1.78. The number of carbonyl (C=O) groups is 1. The van der Waals surface area contributed by atoms with Crippen LogP contribution in [0, 0.1) is 13.8 Å². The summed E-state index contributed by atoms with van der Waals surface area (Å²) in [6.07, 6.45) is 0. The third kappa shape index (κ3) is 4.35. The van der Waals surface area contributed by atoms with Crippen molar-refractivity contribution in [2.24, 2.45) is 0 Å². The maximum absolute atomic E-state index is 12.9. The minimum Gasteiger partial charge on any atom is -0.493 e. The number of ether oxygens (including phenoxy) is 2. The second-order valence-electron chi connectivity index (χ2n) is 8.19. The van der Waals surface area contributed by atoms with Gasteiger partial charge in [0.2, 0.25) is 5.91 Å². The summed E-state index contributed by atoms with van der Waals surface area (Å²) in [6, 6.07) is 17.7. The summed E-state index contributed by atoms with van der Waals surface area (Å²) in [5.41, 5.74) is 5.21. The van der Waals surface area contributed by atoms with Crippen LogP contribution in [-0.4, -0.2) is 45.6 Å². The molecule has 0 saturated heterocycles. The Hall–Kier alpha value is -3.85. The zero-order chi connectivity index (χ0) is 24.5. The van der Waals surface area contributed by atoms with Gasteiger partial charge in [0, 0.05) is 22.5 Å². The molecule has 1 aliphatic heterocycles. The second-order valence-corrected chi connectivity index (χ2v) is 9.29. The monoisotopic (exact) mass is 487 g/mol.